The van der Waals surface area contributed by atoms with Gasteiger partial charge >= 0.3 is 0 Å². The van der Waals surface area contributed by atoms with Crippen LogP contribution in [0.3, 0.4) is 0 Å². The molecule has 0 N–H and O–H groups in total. The number of aromatic nitrogens is 2. The number of rotatable bonds is 5. The summed E-state index contributed by atoms with van der Waals surface area (Å²) in [7, 11) is 1.66. The van der Waals surface area contributed by atoms with Crippen molar-refractivity contribution in [2.45, 2.75) is 25.8 Å². The monoisotopic (exact) mass is 349 g/mol. The standard InChI is InChI=1S/C21H23N3O2/c1-15-5-3-4-6-17(15)13-24-12-11-18(14-24)21-22-20(23-26-21)16-7-9-19(25-2)10-8-16/h3-10,18H,11-14H2,1-2H3/t18-/m0/s1. The number of ether oxygens (including phenoxy) is 1. The Morgan fingerprint density at radius 2 is 1.96 bits per heavy atom. The van der Waals surface area contributed by atoms with Crippen LogP contribution in [-0.4, -0.2) is 35.2 Å². The lowest BCUT2D eigenvalue weighted by molar-refractivity contribution is 0.309. The highest BCUT2D eigenvalue weighted by Crippen LogP contribution is 2.29. The Kier molecular flexibility index (Phi) is 4.71. The molecule has 26 heavy (non-hydrogen) atoms. The van der Waals surface area contributed by atoms with Crippen LogP contribution in [0.25, 0.3) is 11.4 Å². The van der Waals surface area contributed by atoms with Crippen molar-refractivity contribution in [3.05, 3.63) is 65.5 Å². The van der Waals surface area contributed by atoms with Crippen LogP contribution in [0.4, 0.5) is 0 Å². The Labute approximate surface area is 153 Å². The van der Waals surface area contributed by atoms with Crippen LogP contribution in [0.15, 0.2) is 53.1 Å². The van der Waals surface area contributed by atoms with E-state index in [9.17, 15) is 0 Å². The van der Waals surface area contributed by atoms with Gasteiger partial charge in [0.15, 0.2) is 0 Å². The Balaban J connectivity index is 1.43. The van der Waals surface area contributed by atoms with Gasteiger partial charge in [-0.3, -0.25) is 4.90 Å². The van der Waals surface area contributed by atoms with E-state index in [0.717, 1.165) is 43.3 Å². The first-order chi connectivity index (χ1) is 12.7. The van der Waals surface area contributed by atoms with Gasteiger partial charge in [-0.05, 0) is 55.3 Å². The number of hydrogen-bond donors (Lipinski definition) is 0. The third-order valence-corrected chi connectivity index (χ3v) is 5.07. The fourth-order valence-corrected chi connectivity index (χ4v) is 3.46. The van der Waals surface area contributed by atoms with E-state index in [-0.39, 0.29) is 0 Å². The lowest BCUT2D eigenvalue weighted by Gasteiger charge is -2.16. The average Bonchev–Trinajstić information content (AvgIpc) is 3.33. The van der Waals surface area contributed by atoms with E-state index in [1.54, 1.807) is 7.11 Å². The molecule has 1 atom stereocenters. The maximum Gasteiger partial charge on any atom is 0.231 e. The molecule has 1 aromatic heterocycles. The zero-order chi connectivity index (χ0) is 17.9. The molecule has 2 aromatic carbocycles. The van der Waals surface area contributed by atoms with Gasteiger partial charge < -0.3 is 9.26 Å². The molecule has 1 aliphatic heterocycles. The summed E-state index contributed by atoms with van der Waals surface area (Å²) < 4.78 is 10.8. The molecule has 0 spiro atoms. The molecule has 4 rings (SSSR count). The van der Waals surface area contributed by atoms with Crippen LogP contribution >= 0.6 is 0 Å². The van der Waals surface area contributed by atoms with Gasteiger partial charge in [0, 0.05) is 18.7 Å². The third kappa shape index (κ3) is 3.48. The minimum Gasteiger partial charge on any atom is -0.497 e. The van der Waals surface area contributed by atoms with Gasteiger partial charge in [0.2, 0.25) is 11.7 Å². The van der Waals surface area contributed by atoms with Crippen LogP contribution in [0.5, 0.6) is 5.75 Å². The summed E-state index contributed by atoms with van der Waals surface area (Å²) in [6.45, 7) is 5.16. The summed E-state index contributed by atoms with van der Waals surface area (Å²) in [6.07, 6.45) is 1.05. The number of aryl methyl sites for hydroxylation is 1. The smallest absolute Gasteiger partial charge is 0.231 e. The van der Waals surface area contributed by atoms with Crippen molar-refractivity contribution in [1.82, 2.24) is 15.0 Å². The molecule has 0 radical (unpaired) electrons. The van der Waals surface area contributed by atoms with E-state index < -0.39 is 0 Å². The summed E-state index contributed by atoms with van der Waals surface area (Å²) in [5.74, 6) is 2.50. The van der Waals surface area contributed by atoms with Crippen molar-refractivity contribution in [3.63, 3.8) is 0 Å². The van der Waals surface area contributed by atoms with Gasteiger partial charge in [-0.1, -0.05) is 29.4 Å². The lowest BCUT2D eigenvalue weighted by atomic mass is 10.1. The number of hydrogen-bond acceptors (Lipinski definition) is 5. The van der Waals surface area contributed by atoms with Gasteiger partial charge in [-0.25, -0.2) is 0 Å². The highest BCUT2D eigenvalue weighted by molar-refractivity contribution is 5.55. The summed E-state index contributed by atoms with van der Waals surface area (Å²) in [6, 6.07) is 16.3. The van der Waals surface area contributed by atoms with E-state index >= 15 is 0 Å². The minimum atomic E-state index is 0.304. The molecular weight excluding hydrogens is 326 g/mol. The fourth-order valence-electron chi connectivity index (χ4n) is 3.46. The van der Waals surface area contributed by atoms with Gasteiger partial charge in [0.1, 0.15) is 5.75 Å². The van der Waals surface area contributed by atoms with E-state index in [0.29, 0.717) is 11.7 Å². The predicted molar refractivity (Wildman–Crippen MR) is 100 cm³/mol. The lowest BCUT2D eigenvalue weighted by Crippen LogP contribution is -2.20. The van der Waals surface area contributed by atoms with Gasteiger partial charge in [0.05, 0.1) is 13.0 Å². The van der Waals surface area contributed by atoms with Crippen LogP contribution in [0.2, 0.25) is 0 Å². The Morgan fingerprint density at radius 3 is 2.73 bits per heavy atom. The quantitative estimate of drug-likeness (QED) is 0.696. The highest BCUT2D eigenvalue weighted by Gasteiger charge is 2.28. The third-order valence-electron chi connectivity index (χ3n) is 5.07. The van der Waals surface area contributed by atoms with Crippen molar-refractivity contribution in [2.24, 2.45) is 0 Å². The molecular formula is C21H23N3O2. The van der Waals surface area contributed by atoms with Crippen LogP contribution in [0.1, 0.15) is 29.4 Å². The van der Waals surface area contributed by atoms with Crippen molar-refractivity contribution in [3.8, 4) is 17.1 Å². The highest BCUT2D eigenvalue weighted by atomic mass is 16.5. The van der Waals surface area contributed by atoms with Gasteiger partial charge in [-0.15, -0.1) is 0 Å². The fraction of sp³-hybridized carbons (Fsp3) is 0.333. The average molecular weight is 349 g/mol. The molecule has 2 heterocycles. The van der Waals surface area contributed by atoms with Crippen molar-refractivity contribution < 1.29 is 9.26 Å². The Hall–Kier alpha value is -2.66. The molecule has 134 valence electrons. The molecule has 0 bridgehead atoms. The number of methoxy groups -OCH3 is 1. The van der Waals surface area contributed by atoms with Gasteiger partial charge in [-0.2, -0.15) is 4.98 Å². The Morgan fingerprint density at radius 1 is 1.15 bits per heavy atom. The first-order valence-corrected chi connectivity index (χ1v) is 8.98. The molecule has 0 saturated carbocycles. The minimum absolute atomic E-state index is 0.304. The summed E-state index contributed by atoms with van der Waals surface area (Å²) in [5.41, 5.74) is 3.67. The van der Waals surface area contributed by atoms with Gasteiger partial charge in [0.25, 0.3) is 0 Å². The first-order valence-electron chi connectivity index (χ1n) is 8.98. The number of likely N-dealkylation sites (tertiary alicyclic amines) is 1. The van der Waals surface area contributed by atoms with E-state index in [1.165, 1.54) is 11.1 Å². The molecule has 1 aliphatic rings. The molecule has 5 heteroatoms. The maximum atomic E-state index is 5.56. The molecule has 0 unspecified atom stereocenters. The van der Waals surface area contributed by atoms with Crippen LogP contribution in [-0.2, 0) is 6.54 Å². The van der Waals surface area contributed by atoms with Crippen molar-refractivity contribution in [2.75, 3.05) is 20.2 Å². The maximum absolute atomic E-state index is 5.56. The van der Waals surface area contributed by atoms with E-state index in [1.807, 2.05) is 24.3 Å². The molecule has 0 aliphatic carbocycles. The zero-order valence-electron chi connectivity index (χ0n) is 15.2. The first kappa shape index (κ1) is 16.8. The second-order valence-electron chi connectivity index (χ2n) is 6.83. The predicted octanol–water partition coefficient (Wildman–Crippen LogP) is 4.04. The van der Waals surface area contributed by atoms with Crippen LogP contribution < -0.4 is 4.74 Å². The summed E-state index contributed by atoms with van der Waals surface area (Å²) in [5, 5.41) is 4.16. The molecule has 1 fully saturated rings. The summed E-state index contributed by atoms with van der Waals surface area (Å²) in [4.78, 5) is 7.09. The van der Waals surface area contributed by atoms with Crippen molar-refractivity contribution >= 4 is 0 Å². The zero-order valence-corrected chi connectivity index (χ0v) is 15.2. The molecule has 5 nitrogen and oxygen atoms in total. The largest absolute Gasteiger partial charge is 0.497 e. The van der Waals surface area contributed by atoms with E-state index in [2.05, 4.69) is 46.2 Å². The molecule has 0 amide bonds. The van der Waals surface area contributed by atoms with Crippen LogP contribution in [0, 0.1) is 6.92 Å². The Bertz CT molecular complexity index is 873. The molecule has 1 saturated heterocycles. The summed E-state index contributed by atoms with van der Waals surface area (Å²) >= 11 is 0. The number of benzene rings is 2. The normalized spacial score (nSPS) is 17.5. The second kappa shape index (κ2) is 7.30. The topological polar surface area (TPSA) is 51.4 Å². The number of nitrogens with zero attached hydrogens (tertiary/aromatic N) is 3. The second-order valence-corrected chi connectivity index (χ2v) is 6.83. The molecule has 3 aromatic rings. The SMILES string of the molecule is COc1ccc(-c2noc([C@H]3CCN(Cc4ccccc4C)C3)n2)cc1. The van der Waals surface area contributed by atoms with Crippen molar-refractivity contribution in [1.29, 1.82) is 0 Å². The van der Waals surface area contributed by atoms with E-state index in [4.69, 9.17) is 9.26 Å².